The number of aromatic nitrogens is 2. The first-order valence-corrected chi connectivity index (χ1v) is 11.8. The molecule has 2 rings (SSSR count). The Morgan fingerprint density at radius 2 is 2.08 bits per heavy atom. The zero-order chi connectivity index (χ0) is 19.9. The van der Waals surface area contributed by atoms with Gasteiger partial charge in [0.05, 0.1) is 12.5 Å². The van der Waals surface area contributed by atoms with Crippen molar-refractivity contribution < 1.29 is 18.7 Å². The van der Waals surface area contributed by atoms with E-state index in [0.717, 1.165) is 16.8 Å². The van der Waals surface area contributed by atoms with Crippen molar-refractivity contribution in [3.8, 4) is 0 Å². The van der Waals surface area contributed by atoms with E-state index >= 15 is 4.39 Å². The number of aliphatic hydroxyl groups excluding tert-OH is 1. The molecular weight excluding hydrogens is 383 g/mol. The predicted octanol–water partition coefficient (Wildman–Crippen LogP) is 1.76. The quantitative estimate of drug-likeness (QED) is 0.572. The SMILES string of the molecule is CC(C)(C)[Si](C)(C)OC1[C@H](F)[C@H](n2ccc(=O)[nH]c2=O)O[C@@]1(CO)CCl. The van der Waals surface area contributed by atoms with E-state index in [2.05, 4.69) is 4.98 Å². The summed E-state index contributed by atoms with van der Waals surface area (Å²) in [4.78, 5) is 25.4. The molecule has 0 saturated carbocycles. The lowest BCUT2D eigenvalue weighted by Crippen LogP contribution is -2.55. The van der Waals surface area contributed by atoms with Crippen LogP contribution in [0, 0.1) is 0 Å². The van der Waals surface area contributed by atoms with Crippen LogP contribution < -0.4 is 11.2 Å². The summed E-state index contributed by atoms with van der Waals surface area (Å²) in [6, 6.07) is 1.10. The molecule has 0 aromatic carbocycles. The Morgan fingerprint density at radius 3 is 2.54 bits per heavy atom. The minimum Gasteiger partial charge on any atom is -0.408 e. The minimum atomic E-state index is -2.42. The largest absolute Gasteiger partial charge is 0.408 e. The first kappa shape index (κ1) is 21.3. The monoisotopic (exact) mass is 408 g/mol. The molecule has 0 amide bonds. The molecule has 0 aliphatic carbocycles. The molecule has 4 atom stereocenters. The van der Waals surface area contributed by atoms with Crippen LogP contribution in [0.2, 0.25) is 18.1 Å². The maximum absolute atomic E-state index is 15.4. The number of halogens is 2. The van der Waals surface area contributed by atoms with Crippen LogP contribution in [0.25, 0.3) is 0 Å². The normalized spacial score (nSPS) is 29.9. The average Bonchev–Trinajstić information content (AvgIpc) is 2.80. The van der Waals surface area contributed by atoms with Crippen LogP contribution in [0.4, 0.5) is 4.39 Å². The number of aromatic amines is 1. The Morgan fingerprint density at radius 1 is 1.46 bits per heavy atom. The molecule has 2 N–H and O–H groups in total. The Balaban J connectivity index is 2.46. The van der Waals surface area contributed by atoms with Crippen molar-refractivity contribution >= 4 is 19.9 Å². The zero-order valence-corrected chi connectivity index (χ0v) is 17.3. The molecule has 1 unspecified atom stereocenters. The molecule has 1 aliphatic heterocycles. The van der Waals surface area contributed by atoms with E-state index in [1.54, 1.807) is 0 Å². The number of hydrogen-bond acceptors (Lipinski definition) is 5. The van der Waals surface area contributed by atoms with Gasteiger partial charge in [0.2, 0.25) is 0 Å². The Labute approximate surface area is 157 Å². The van der Waals surface area contributed by atoms with Gasteiger partial charge in [-0.05, 0) is 18.1 Å². The summed E-state index contributed by atoms with van der Waals surface area (Å²) >= 11 is 6.02. The van der Waals surface area contributed by atoms with Gasteiger partial charge in [-0.3, -0.25) is 14.3 Å². The average molecular weight is 409 g/mol. The van der Waals surface area contributed by atoms with Crippen molar-refractivity contribution in [2.75, 3.05) is 12.5 Å². The number of alkyl halides is 2. The maximum Gasteiger partial charge on any atom is 0.330 e. The third-order valence-corrected chi connectivity index (χ3v) is 10.2. The summed E-state index contributed by atoms with van der Waals surface area (Å²) in [5.74, 6) is -0.211. The molecule has 7 nitrogen and oxygen atoms in total. The van der Waals surface area contributed by atoms with Gasteiger partial charge in [-0.25, -0.2) is 9.18 Å². The van der Waals surface area contributed by atoms with Gasteiger partial charge in [0.15, 0.2) is 20.7 Å². The summed E-state index contributed by atoms with van der Waals surface area (Å²) in [5, 5.41) is 9.70. The molecule has 26 heavy (non-hydrogen) atoms. The number of H-pyrrole nitrogens is 1. The van der Waals surface area contributed by atoms with Crippen molar-refractivity contribution in [3.05, 3.63) is 33.1 Å². The van der Waals surface area contributed by atoms with E-state index in [9.17, 15) is 14.7 Å². The smallest absolute Gasteiger partial charge is 0.330 e. The van der Waals surface area contributed by atoms with Gasteiger partial charge >= 0.3 is 5.69 Å². The second-order valence-electron chi connectivity index (χ2n) is 8.13. The topological polar surface area (TPSA) is 93.6 Å². The fourth-order valence-electron chi connectivity index (χ4n) is 2.59. The molecule has 0 spiro atoms. The molecule has 1 aliphatic rings. The number of nitrogens with one attached hydrogen (secondary N) is 1. The molecule has 0 bridgehead atoms. The van der Waals surface area contributed by atoms with Crippen molar-refractivity contribution in [2.24, 2.45) is 0 Å². The van der Waals surface area contributed by atoms with Crippen LogP contribution in [0.15, 0.2) is 21.9 Å². The lowest BCUT2D eigenvalue weighted by atomic mass is 9.99. The van der Waals surface area contributed by atoms with E-state index in [0.29, 0.717) is 0 Å². The summed E-state index contributed by atoms with van der Waals surface area (Å²) in [6.45, 7) is 9.37. The first-order chi connectivity index (χ1) is 11.9. The highest BCUT2D eigenvalue weighted by atomic mass is 35.5. The molecule has 1 fully saturated rings. The molecule has 10 heteroatoms. The van der Waals surface area contributed by atoms with Crippen molar-refractivity contribution in [2.45, 2.75) is 63.0 Å². The summed E-state index contributed by atoms with van der Waals surface area (Å²) in [6.07, 6.45) is -3.10. The Bertz CT molecular complexity index is 756. The van der Waals surface area contributed by atoms with Gasteiger partial charge < -0.3 is 14.3 Å². The predicted molar refractivity (Wildman–Crippen MR) is 98.9 cm³/mol. The Kier molecular flexibility index (Phi) is 5.89. The first-order valence-electron chi connectivity index (χ1n) is 8.36. The van der Waals surface area contributed by atoms with Crippen LogP contribution in [-0.2, 0) is 9.16 Å². The van der Waals surface area contributed by atoms with Gasteiger partial charge in [-0.2, -0.15) is 0 Å². The van der Waals surface area contributed by atoms with Gasteiger partial charge in [0.25, 0.3) is 5.56 Å². The molecule has 1 saturated heterocycles. The van der Waals surface area contributed by atoms with Crippen molar-refractivity contribution in [1.82, 2.24) is 9.55 Å². The third-order valence-electron chi connectivity index (χ3n) is 5.28. The molecule has 0 radical (unpaired) electrons. The summed E-state index contributed by atoms with van der Waals surface area (Å²) in [7, 11) is -2.42. The number of ether oxygens (including phenoxy) is 1. The van der Waals surface area contributed by atoms with Crippen LogP contribution >= 0.6 is 11.6 Å². The highest BCUT2D eigenvalue weighted by Crippen LogP contribution is 2.45. The molecule has 1 aromatic rings. The van der Waals surface area contributed by atoms with Crippen molar-refractivity contribution in [3.63, 3.8) is 0 Å². The number of rotatable bonds is 5. The van der Waals surface area contributed by atoms with E-state index in [4.69, 9.17) is 20.8 Å². The highest BCUT2D eigenvalue weighted by molar-refractivity contribution is 6.74. The third kappa shape index (κ3) is 3.68. The molecule has 148 valence electrons. The van der Waals surface area contributed by atoms with Crippen LogP contribution in [-0.4, -0.2) is 53.3 Å². The van der Waals surface area contributed by atoms with Crippen LogP contribution in [0.1, 0.15) is 27.0 Å². The van der Waals surface area contributed by atoms with E-state index in [-0.39, 0.29) is 10.9 Å². The van der Waals surface area contributed by atoms with E-state index in [1.165, 1.54) is 0 Å². The van der Waals surface area contributed by atoms with Gasteiger partial charge in [0.1, 0.15) is 11.7 Å². The summed E-state index contributed by atoms with van der Waals surface area (Å²) in [5.41, 5.74) is -2.89. The van der Waals surface area contributed by atoms with Gasteiger partial charge in [0, 0.05) is 12.3 Å². The molecule has 1 aromatic heterocycles. The fourth-order valence-corrected chi connectivity index (χ4v) is 4.23. The van der Waals surface area contributed by atoms with Crippen LogP contribution in [0.5, 0.6) is 0 Å². The minimum absolute atomic E-state index is 0.201. The van der Waals surface area contributed by atoms with E-state index < -0.39 is 50.3 Å². The van der Waals surface area contributed by atoms with E-state index in [1.807, 2.05) is 33.9 Å². The lowest BCUT2D eigenvalue weighted by Gasteiger charge is -2.42. The Hall–Kier alpha value is -1.00. The second-order valence-corrected chi connectivity index (χ2v) is 13.1. The maximum atomic E-state index is 15.4. The zero-order valence-electron chi connectivity index (χ0n) is 15.6. The number of hydrogen-bond donors (Lipinski definition) is 2. The lowest BCUT2D eigenvalue weighted by molar-refractivity contribution is -0.112. The van der Waals surface area contributed by atoms with Crippen LogP contribution in [0.3, 0.4) is 0 Å². The highest BCUT2D eigenvalue weighted by Gasteiger charge is 2.59. The molecule has 2 heterocycles. The van der Waals surface area contributed by atoms with Crippen molar-refractivity contribution in [1.29, 1.82) is 0 Å². The standard InChI is InChI=1S/C16H26ClFN2O5Si/c1-15(2,3)26(4,5)25-12-11(18)13(24-16(12,8-17)9-21)20-7-6-10(22)19-14(20)23/h6-7,11-13,21H,8-9H2,1-5H3,(H,19,22,23)/t11-,12?,13+,16+/m0/s1. The fraction of sp³-hybridized carbons (Fsp3) is 0.750. The van der Waals surface area contributed by atoms with Gasteiger partial charge in [-0.15, -0.1) is 11.6 Å². The number of aliphatic hydroxyl groups is 1. The molecular formula is C16H26ClFN2O5Si. The number of nitrogens with zero attached hydrogens (tertiary/aromatic N) is 1. The second kappa shape index (κ2) is 7.20. The summed E-state index contributed by atoms with van der Waals surface area (Å²) < 4.78 is 28.2. The van der Waals surface area contributed by atoms with Gasteiger partial charge in [-0.1, -0.05) is 20.8 Å².